The van der Waals surface area contributed by atoms with Crippen LogP contribution in [0.5, 0.6) is 0 Å². The fraction of sp³-hybridized carbons (Fsp3) is 0.320. The number of aromatic nitrogens is 2. The van der Waals surface area contributed by atoms with E-state index in [1.165, 1.54) is 16.7 Å². The molecule has 0 atom stereocenters. The van der Waals surface area contributed by atoms with E-state index < -0.39 is 0 Å². The predicted molar refractivity (Wildman–Crippen MR) is 127 cm³/mol. The first-order valence-corrected chi connectivity index (χ1v) is 11.0. The number of guanidine groups is 1. The molecule has 0 bridgehead atoms. The highest BCUT2D eigenvalue weighted by atomic mass is 16.5. The van der Waals surface area contributed by atoms with Crippen LogP contribution in [-0.2, 0) is 24.5 Å². The van der Waals surface area contributed by atoms with E-state index in [0.29, 0.717) is 13.2 Å². The van der Waals surface area contributed by atoms with E-state index in [9.17, 15) is 0 Å². The van der Waals surface area contributed by atoms with Gasteiger partial charge in [0.15, 0.2) is 5.96 Å². The van der Waals surface area contributed by atoms with E-state index in [4.69, 9.17) is 4.74 Å². The second-order valence-electron chi connectivity index (χ2n) is 7.72. The zero-order valence-electron chi connectivity index (χ0n) is 18.5. The van der Waals surface area contributed by atoms with Gasteiger partial charge in [0.25, 0.3) is 0 Å². The van der Waals surface area contributed by atoms with Gasteiger partial charge in [0, 0.05) is 52.2 Å². The number of piperazine rings is 1. The first-order chi connectivity index (χ1) is 15.8. The van der Waals surface area contributed by atoms with E-state index >= 15 is 0 Å². The van der Waals surface area contributed by atoms with Gasteiger partial charge in [-0.25, -0.2) is 9.97 Å². The highest BCUT2D eigenvalue weighted by Crippen LogP contribution is 2.11. The number of nitrogens with one attached hydrogen (secondary N) is 1. The first-order valence-electron chi connectivity index (χ1n) is 11.0. The molecule has 0 aliphatic carbocycles. The molecule has 1 fully saturated rings. The highest BCUT2D eigenvalue weighted by molar-refractivity contribution is 5.80. The van der Waals surface area contributed by atoms with Gasteiger partial charge >= 0.3 is 0 Å². The van der Waals surface area contributed by atoms with Gasteiger partial charge in [-0.15, -0.1) is 0 Å². The van der Waals surface area contributed by atoms with Gasteiger partial charge < -0.3 is 19.9 Å². The lowest BCUT2D eigenvalue weighted by Gasteiger charge is -2.36. The molecule has 3 aromatic rings. The summed E-state index contributed by atoms with van der Waals surface area (Å²) in [6.07, 6.45) is 3.58. The Morgan fingerprint density at radius 2 is 1.56 bits per heavy atom. The van der Waals surface area contributed by atoms with Gasteiger partial charge in [0.1, 0.15) is 0 Å². The van der Waals surface area contributed by atoms with E-state index in [0.717, 1.165) is 44.6 Å². The topological polar surface area (TPSA) is 65.9 Å². The van der Waals surface area contributed by atoms with Crippen molar-refractivity contribution in [2.75, 3.05) is 38.1 Å². The summed E-state index contributed by atoms with van der Waals surface area (Å²) in [7, 11) is 1.84. The molecule has 0 amide bonds. The van der Waals surface area contributed by atoms with Crippen molar-refractivity contribution in [1.29, 1.82) is 0 Å². The Morgan fingerprint density at radius 3 is 2.31 bits per heavy atom. The molecule has 1 aromatic heterocycles. The Kier molecular flexibility index (Phi) is 7.65. The standard InChI is InChI=1S/C25H30N6O/c1-26-24(30-13-15-31(16-14-30)25-27-11-6-12-28-25)29-18-22-9-5-10-23(17-22)20-32-19-21-7-3-2-4-8-21/h2-12,17H,13-16,18-20H2,1H3,(H,26,29). The van der Waals surface area contributed by atoms with E-state index in [-0.39, 0.29) is 0 Å². The van der Waals surface area contributed by atoms with Crippen molar-refractivity contribution in [3.63, 3.8) is 0 Å². The summed E-state index contributed by atoms with van der Waals surface area (Å²) in [4.78, 5) is 17.7. The van der Waals surface area contributed by atoms with Crippen LogP contribution in [0.3, 0.4) is 0 Å². The van der Waals surface area contributed by atoms with Crippen molar-refractivity contribution in [3.05, 3.63) is 89.7 Å². The number of rotatable bonds is 7. The zero-order valence-corrected chi connectivity index (χ0v) is 18.5. The average Bonchev–Trinajstić information content (AvgIpc) is 2.86. The zero-order chi connectivity index (χ0) is 22.0. The average molecular weight is 431 g/mol. The molecule has 0 spiro atoms. The molecule has 1 saturated heterocycles. The van der Waals surface area contributed by atoms with E-state index in [1.807, 2.05) is 31.3 Å². The Balaban J connectivity index is 1.25. The van der Waals surface area contributed by atoms with Crippen molar-refractivity contribution in [3.8, 4) is 0 Å². The van der Waals surface area contributed by atoms with Crippen LogP contribution in [0.2, 0.25) is 0 Å². The summed E-state index contributed by atoms with van der Waals surface area (Å²) in [5.41, 5.74) is 3.57. The molecule has 1 N–H and O–H groups in total. The molecule has 0 radical (unpaired) electrons. The lowest BCUT2D eigenvalue weighted by atomic mass is 10.1. The lowest BCUT2D eigenvalue weighted by Crippen LogP contribution is -2.52. The molecule has 2 aromatic carbocycles. The predicted octanol–water partition coefficient (Wildman–Crippen LogP) is 3.09. The number of ether oxygens (including phenoxy) is 1. The maximum atomic E-state index is 5.88. The number of nitrogens with zero attached hydrogens (tertiary/aromatic N) is 5. The third-order valence-corrected chi connectivity index (χ3v) is 5.45. The van der Waals surface area contributed by atoms with Gasteiger partial charge in [-0.3, -0.25) is 4.99 Å². The van der Waals surface area contributed by atoms with Gasteiger partial charge in [0.05, 0.1) is 13.2 Å². The normalized spacial score (nSPS) is 14.5. The fourth-order valence-electron chi connectivity index (χ4n) is 3.78. The molecule has 2 heterocycles. The first kappa shape index (κ1) is 21.8. The monoisotopic (exact) mass is 430 g/mol. The number of hydrogen-bond acceptors (Lipinski definition) is 5. The molecule has 7 heteroatoms. The quantitative estimate of drug-likeness (QED) is 0.459. The summed E-state index contributed by atoms with van der Waals surface area (Å²) in [5.74, 6) is 1.71. The van der Waals surface area contributed by atoms with Gasteiger partial charge in [0.2, 0.25) is 5.95 Å². The number of benzene rings is 2. The molecule has 32 heavy (non-hydrogen) atoms. The summed E-state index contributed by atoms with van der Waals surface area (Å²) in [5, 5.41) is 3.50. The molecule has 7 nitrogen and oxygen atoms in total. The molecule has 166 valence electrons. The molecular weight excluding hydrogens is 400 g/mol. The van der Waals surface area contributed by atoms with Crippen molar-refractivity contribution in [1.82, 2.24) is 20.2 Å². The SMILES string of the molecule is CN=C(NCc1cccc(COCc2ccccc2)c1)N1CCN(c2ncccn2)CC1. The largest absolute Gasteiger partial charge is 0.372 e. The van der Waals surface area contributed by atoms with E-state index in [1.54, 1.807) is 12.4 Å². The molecular formula is C25H30N6O. The molecule has 0 saturated carbocycles. The summed E-state index contributed by atoms with van der Waals surface area (Å²) < 4.78 is 5.88. The maximum absolute atomic E-state index is 5.88. The van der Waals surface area contributed by atoms with Crippen LogP contribution in [0, 0.1) is 0 Å². The molecule has 0 unspecified atom stereocenters. The summed E-state index contributed by atoms with van der Waals surface area (Å²) >= 11 is 0. The minimum Gasteiger partial charge on any atom is -0.372 e. The molecule has 1 aliphatic rings. The molecule has 4 rings (SSSR count). The van der Waals surface area contributed by atoms with Crippen molar-refractivity contribution < 1.29 is 4.74 Å². The van der Waals surface area contributed by atoms with Crippen LogP contribution in [0.4, 0.5) is 5.95 Å². The van der Waals surface area contributed by atoms with Gasteiger partial charge in [-0.05, 0) is 22.8 Å². The van der Waals surface area contributed by atoms with Crippen LogP contribution in [0.15, 0.2) is 78.0 Å². The van der Waals surface area contributed by atoms with Gasteiger partial charge in [-0.1, -0.05) is 54.6 Å². The van der Waals surface area contributed by atoms with Crippen LogP contribution >= 0.6 is 0 Å². The molecule has 1 aliphatic heterocycles. The van der Waals surface area contributed by atoms with E-state index in [2.05, 4.69) is 66.5 Å². The Bertz CT molecular complexity index is 988. The third kappa shape index (κ3) is 6.04. The number of aliphatic imine (C=N–C) groups is 1. The van der Waals surface area contributed by atoms with Crippen molar-refractivity contribution >= 4 is 11.9 Å². The minimum atomic E-state index is 0.598. The number of anilines is 1. The smallest absolute Gasteiger partial charge is 0.225 e. The minimum absolute atomic E-state index is 0.598. The lowest BCUT2D eigenvalue weighted by molar-refractivity contribution is 0.107. The van der Waals surface area contributed by atoms with Crippen LogP contribution in [-0.4, -0.2) is 54.1 Å². The third-order valence-electron chi connectivity index (χ3n) is 5.45. The van der Waals surface area contributed by atoms with Crippen LogP contribution in [0.25, 0.3) is 0 Å². The second kappa shape index (κ2) is 11.2. The number of hydrogen-bond donors (Lipinski definition) is 1. The second-order valence-corrected chi connectivity index (χ2v) is 7.72. The van der Waals surface area contributed by atoms with Gasteiger partial charge in [-0.2, -0.15) is 0 Å². The summed E-state index contributed by atoms with van der Waals surface area (Å²) in [6, 6.07) is 20.6. The van der Waals surface area contributed by atoms with Crippen molar-refractivity contribution in [2.45, 2.75) is 19.8 Å². The Hall–Kier alpha value is -3.45. The van der Waals surface area contributed by atoms with Crippen LogP contribution in [0.1, 0.15) is 16.7 Å². The fourth-order valence-corrected chi connectivity index (χ4v) is 3.78. The summed E-state index contributed by atoms with van der Waals surface area (Å²) in [6.45, 7) is 5.45. The van der Waals surface area contributed by atoms with Crippen molar-refractivity contribution in [2.24, 2.45) is 4.99 Å². The van der Waals surface area contributed by atoms with Crippen LogP contribution < -0.4 is 10.2 Å². The highest BCUT2D eigenvalue weighted by Gasteiger charge is 2.20. The Morgan fingerprint density at radius 1 is 0.875 bits per heavy atom. The Labute approximate surface area is 189 Å². The maximum Gasteiger partial charge on any atom is 0.225 e.